The van der Waals surface area contributed by atoms with Crippen molar-refractivity contribution in [2.75, 3.05) is 70.8 Å². The van der Waals surface area contributed by atoms with Crippen LogP contribution >= 0.6 is 0 Å². The zero-order valence-corrected chi connectivity index (χ0v) is 25.5. The van der Waals surface area contributed by atoms with E-state index in [1.165, 1.54) is 4.90 Å². The lowest BCUT2D eigenvalue weighted by Crippen LogP contribution is -2.44. The van der Waals surface area contributed by atoms with Gasteiger partial charge in [0.25, 0.3) is 0 Å². The maximum Gasteiger partial charge on any atom is 0.416 e. The summed E-state index contributed by atoms with van der Waals surface area (Å²) in [5, 5.41) is 11.9. The Kier molecular flexibility index (Phi) is 21.2. The van der Waals surface area contributed by atoms with E-state index in [2.05, 4.69) is 10.3 Å². The predicted molar refractivity (Wildman–Crippen MR) is 155 cm³/mol. The Balaban J connectivity index is 0.00000781. The maximum absolute atomic E-state index is 12.7. The van der Waals surface area contributed by atoms with Crippen LogP contribution in [-0.4, -0.2) is 106 Å². The molecule has 2 amide bonds. The van der Waals surface area contributed by atoms with Crippen LogP contribution in [0.1, 0.15) is 53.0 Å². The Morgan fingerprint density at radius 2 is 1.56 bits per heavy atom. The summed E-state index contributed by atoms with van der Waals surface area (Å²) >= 11 is 0. The van der Waals surface area contributed by atoms with Crippen LogP contribution in [0.3, 0.4) is 0 Å². The fraction of sp³-hybridized carbons (Fsp3) is 0.714. The molecule has 0 radical (unpaired) electrons. The number of carboxylic acids is 1. The Labute approximate surface area is 244 Å². The number of nitrogens with one attached hydrogen (secondary N) is 1. The molecule has 0 aliphatic rings. The molecule has 1 atom stereocenters. The quantitative estimate of drug-likeness (QED) is 0.192. The van der Waals surface area contributed by atoms with E-state index in [9.17, 15) is 19.5 Å². The highest BCUT2D eigenvalue weighted by Gasteiger charge is 2.25. The van der Waals surface area contributed by atoms with Crippen LogP contribution in [0.25, 0.3) is 0 Å². The van der Waals surface area contributed by atoms with Crippen LogP contribution in [0.4, 0.5) is 10.6 Å². The van der Waals surface area contributed by atoms with Crippen LogP contribution in [0.5, 0.6) is 0 Å². The summed E-state index contributed by atoms with van der Waals surface area (Å²) in [7, 11) is 0. The first-order chi connectivity index (χ1) is 19.5. The molecule has 0 saturated carbocycles. The number of rotatable bonds is 20. The van der Waals surface area contributed by atoms with Crippen molar-refractivity contribution in [2.24, 2.45) is 5.73 Å². The zero-order valence-electron chi connectivity index (χ0n) is 25.5. The summed E-state index contributed by atoms with van der Waals surface area (Å²) in [5.74, 6) is -1.28. The highest BCUT2D eigenvalue weighted by atomic mass is 16.6. The molecule has 0 spiro atoms. The predicted octanol–water partition coefficient (Wildman–Crippen LogP) is 2.53. The van der Waals surface area contributed by atoms with Gasteiger partial charge in [-0.05, 0) is 51.8 Å². The first-order valence-electron chi connectivity index (χ1n) is 14.0. The highest BCUT2D eigenvalue weighted by Crippen LogP contribution is 2.18. The average molecular weight is 587 g/mol. The number of ether oxygens (including phenoxy) is 5. The number of hydrogen-bond acceptors (Lipinski definition) is 10. The fourth-order valence-electron chi connectivity index (χ4n) is 3.07. The standard InChI is InChI=1S/C26H44N4O9.C2H6/c1-20-7-9-28-22(18-20)30(25(34)39-26(2,3)4)10-5-6-23(31)29-21(24(32)33)19-38-17-16-37-15-14-36-13-12-35-11-8-27;1-2/h7,9,18,21H,5-6,8,10-17,19,27H2,1-4H3,(H,29,31)(H,32,33);1-2H3. The number of nitrogens with two attached hydrogens (primary N) is 1. The minimum absolute atomic E-state index is 0.00470. The number of aromatic nitrogens is 1. The summed E-state index contributed by atoms with van der Waals surface area (Å²) in [6.45, 7) is 14.2. The van der Waals surface area contributed by atoms with E-state index in [0.29, 0.717) is 45.4 Å². The molecule has 1 aromatic rings. The molecular formula is C28H50N4O9. The molecule has 1 rings (SSSR count). The number of carboxylic acid groups (broad SMARTS) is 1. The first-order valence-corrected chi connectivity index (χ1v) is 14.0. The van der Waals surface area contributed by atoms with Crippen molar-refractivity contribution in [1.82, 2.24) is 10.3 Å². The van der Waals surface area contributed by atoms with Gasteiger partial charge in [-0.1, -0.05) is 13.8 Å². The van der Waals surface area contributed by atoms with Crippen molar-refractivity contribution in [3.05, 3.63) is 23.9 Å². The Morgan fingerprint density at radius 1 is 1.00 bits per heavy atom. The molecule has 13 heteroatoms. The topological polar surface area (TPSA) is 172 Å². The highest BCUT2D eigenvalue weighted by molar-refractivity contribution is 5.87. The summed E-state index contributed by atoms with van der Waals surface area (Å²) in [4.78, 5) is 42.3. The lowest BCUT2D eigenvalue weighted by Gasteiger charge is -2.27. The molecule has 0 saturated heterocycles. The van der Waals surface area contributed by atoms with Crippen LogP contribution in [-0.2, 0) is 33.3 Å². The first kappa shape index (κ1) is 38.2. The fourth-order valence-corrected chi connectivity index (χ4v) is 3.07. The third-order valence-corrected chi connectivity index (χ3v) is 4.87. The molecule has 1 aromatic heterocycles. The number of carbonyl (C=O) groups excluding carboxylic acids is 2. The normalized spacial score (nSPS) is 11.7. The van der Waals surface area contributed by atoms with E-state index in [-0.39, 0.29) is 39.2 Å². The van der Waals surface area contributed by atoms with Crippen molar-refractivity contribution in [2.45, 2.75) is 66.0 Å². The molecule has 0 aliphatic carbocycles. The van der Waals surface area contributed by atoms with Crippen LogP contribution in [0.15, 0.2) is 18.3 Å². The number of aryl methyl sites for hydroxylation is 1. The summed E-state index contributed by atoms with van der Waals surface area (Å²) in [5.41, 5.74) is 5.53. The third-order valence-electron chi connectivity index (χ3n) is 4.87. The Bertz CT molecular complexity index is 865. The summed E-state index contributed by atoms with van der Waals surface area (Å²) in [6, 6.07) is 2.34. The van der Waals surface area contributed by atoms with Gasteiger partial charge in [-0.15, -0.1) is 0 Å². The molecule has 13 nitrogen and oxygen atoms in total. The molecule has 0 bridgehead atoms. The van der Waals surface area contributed by atoms with Crippen molar-refractivity contribution < 1.29 is 43.2 Å². The van der Waals surface area contributed by atoms with Crippen LogP contribution < -0.4 is 16.0 Å². The third kappa shape index (κ3) is 19.8. The number of carbonyl (C=O) groups is 3. The lowest BCUT2D eigenvalue weighted by atomic mass is 10.2. The summed E-state index contributed by atoms with van der Waals surface area (Å²) < 4.78 is 26.7. The van der Waals surface area contributed by atoms with Crippen molar-refractivity contribution in [1.29, 1.82) is 0 Å². The largest absolute Gasteiger partial charge is 0.480 e. The minimum Gasteiger partial charge on any atom is -0.480 e. The van der Waals surface area contributed by atoms with Gasteiger partial charge in [-0.2, -0.15) is 0 Å². The minimum atomic E-state index is -1.21. The second-order valence-corrected chi connectivity index (χ2v) is 9.59. The SMILES string of the molecule is CC.Cc1ccnc(N(CCCC(=O)NC(COCCOCCOCCOCCN)C(=O)O)C(=O)OC(C)(C)C)c1. The molecule has 1 unspecified atom stereocenters. The maximum atomic E-state index is 12.7. The van der Waals surface area contributed by atoms with Crippen molar-refractivity contribution in [3.63, 3.8) is 0 Å². The van der Waals surface area contributed by atoms with Gasteiger partial charge in [-0.25, -0.2) is 14.6 Å². The molecule has 0 aliphatic heterocycles. The molecule has 4 N–H and O–H groups in total. The second kappa shape index (κ2) is 22.8. The van der Waals surface area contributed by atoms with E-state index in [4.69, 9.17) is 29.4 Å². The number of hydrogen-bond donors (Lipinski definition) is 3. The van der Waals surface area contributed by atoms with E-state index in [1.807, 2.05) is 26.8 Å². The van der Waals surface area contributed by atoms with Gasteiger partial charge in [0.15, 0.2) is 6.04 Å². The monoisotopic (exact) mass is 586 g/mol. The van der Waals surface area contributed by atoms with E-state index >= 15 is 0 Å². The van der Waals surface area contributed by atoms with Crippen molar-refractivity contribution >= 4 is 23.8 Å². The molecular weight excluding hydrogens is 536 g/mol. The Hall–Kier alpha value is -2.84. The number of anilines is 1. The summed E-state index contributed by atoms with van der Waals surface area (Å²) in [6.07, 6.45) is 1.27. The van der Waals surface area contributed by atoms with Gasteiger partial charge in [0.05, 0.1) is 52.9 Å². The van der Waals surface area contributed by atoms with Gasteiger partial charge in [0, 0.05) is 25.7 Å². The number of nitrogens with zero attached hydrogens (tertiary/aromatic N) is 2. The van der Waals surface area contributed by atoms with E-state index in [0.717, 1.165) is 5.56 Å². The van der Waals surface area contributed by atoms with Gasteiger partial charge in [0.2, 0.25) is 5.91 Å². The van der Waals surface area contributed by atoms with Gasteiger partial charge in [0.1, 0.15) is 11.4 Å². The van der Waals surface area contributed by atoms with Gasteiger partial charge < -0.3 is 39.8 Å². The molecule has 0 fully saturated rings. The van der Waals surface area contributed by atoms with E-state index < -0.39 is 29.6 Å². The molecule has 236 valence electrons. The van der Waals surface area contributed by atoms with Crippen molar-refractivity contribution in [3.8, 4) is 0 Å². The molecule has 41 heavy (non-hydrogen) atoms. The number of pyridine rings is 1. The lowest BCUT2D eigenvalue weighted by molar-refractivity contribution is -0.143. The zero-order chi connectivity index (χ0) is 31.1. The Morgan fingerprint density at radius 3 is 2.07 bits per heavy atom. The van der Waals surface area contributed by atoms with Gasteiger partial charge >= 0.3 is 12.1 Å². The smallest absolute Gasteiger partial charge is 0.416 e. The van der Waals surface area contributed by atoms with Crippen LogP contribution in [0.2, 0.25) is 0 Å². The number of aliphatic carboxylic acids is 1. The van der Waals surface area contributed by atoms with Gasteiger partial charge in [-0.3, -0.25) is 9.69 Å². The molecule has 1 heterocycles. The van der Waals surface area contributed by atoms with E-state index in [1.54, 1.807) is 33.0 Å². The second-order valence-electron chi connectivity index (χ2n) is 9.59. The average Bonchev–Trinajstić information content (AvgIpc) is 2.91. The molecule has 0 aromatic carbocycles. The number of amides is 2. The van der Waals surface area contributed by atoms with Crippen LogP contribution in [0, 0.1) is 6.92 Å².